The molecule has 4 rings (SSSR count). The average Bonchev–Trinajstić information content (AvgIpc) is 3.26. The molecule has 1 amide bonds. The lowest BCUT2D eigenvalue weighted by molar-refractivity contribution is 0.102. The summed E-state index contributed by atoms with van der Waals surface area (Å²) in [7, 11) is 1.69. The zero-order chi connectivity index (χ0) is 20.4. The molecule has 0 aliphatic rings. The monoisotopic (exact) mass is 408 g/mol. The zero-order valence-electron chi connectivity index (χ0n) is 16.2. The number of carbonyl (C=O) groups excluding carboxylic acids is 1. The fourth-order valence-electron chi connectivity index (χ4n) is 3.35. The Hall–Kier alpha value is -3.09. The van der Waals surface area contributed by atoms with Crippen LogP contribution in [0.2, 0.25) is 5.15 Å². The number of amides is 1. The molecule has 0 bridgehead atoms. The molecule has 0 atom stereocenters. The number of rotatable bonds is 6. The highest BCUT2D eigenvalue weighted by Gasteiger charge is 2.21. The van der Waals surface area contributed by atoms with Crippen LogP contribution in [0.15, 0.2) is 60.8 Å². The van der Waals surface area contributed by atoms with E-state index in [2.05, 4.69) is 15.0 Å². The summed E-state index contributed by atoms with van der Waals surface area (Å²) in [4.78, 5) is 12.9. The maximum atomic E-state index is 12.9. The van der Waals surface area contributed by atoms with Gasteiger partial charge in [0.15, 0.2) is 0 Å². The van der Waals surface area contributed by atoms with Crippen molar-refractivity contribution in [3.05, 3.63) is 77.2 Å². The van der Waals surface area contributed by atoms with Gasteiger partial charge in [0.05, 0.1) is 18.0 Å². The van der Waals surface area contributed by atoms with Crippen LogP contribution in [-0.4, -0.2) is 34.0 Å². The minimum absolute atomic E-state index is 0.284. The predicted octanol–water partition coefficient (Wildman–Crippen LogP) is 4.69. The van der Waals surface area contributed by atoms with E-state index in [1.54, 1.807) is 18.7 Å². The Kier molecular flexibility index (Phi) is 5.38. The van der Waals surface area contributed by atoms with Gasteiger partial charge < -0.3 is 14.6 Å². The molecular formula is C22H21ClN4O2. The highest BCUT2D eigenvalue weighted by molar-refractivity contribution is 6.34. The van der Waals surface area contributed by atoms with Crippen molar-refractivity contribution < 1.29 is 9.53 Å². The molecule has 148 valence electrons. The van der Waals surface area contributed by atoms with Crippen LogP contribution in [-0.2, 0) is 11.3 Å². The maximum absolute atomic E-state index is 12.9. The van der Waals surface area contributed by atoms with Crippen molar-refractivity contribution in [2.24, 2.45) is 0 Å². The highest BCUT2D eigenvalue weighted by Crippen LogP contribution is 2.26. The quantitative estimate of drug-likeness (QED) is 0.503. The molecule has 7 heteroatoms. The summed E-state index contributed by atoms with van der Waals surface area (Å²) in [6, 6.07) is 17.3. The first kappa shape index (κ1) is 19.2. The van der Waals surface area contributed by atoms with Crippen LogP contribution >= 0.6 is 11.6 Å². The smallest absolute Gasteiger partial charge is 0.260 e. The van der Waals surface area contributed by atoms with Crippen molar-refractivity contribution in [1.82, 2.24) is 14.3 Å². The second kappa shape index (κ2) is 8.11. The van der Waals surface area contributed by atoms with E-state index >= 15 is 0 Å². The summed E-state index contributed by atoms with van der Waals surface area (Å²) in [6.07, 6.45) is 2.01. The third-order valence-corrected chi connectivity index (χ3v) is 5.15. The standard InChI is InChI=1S/C22H21ClN4O2/c1-15-20(21(23)27(25-15)18-6-4-3-5-7-18)22(28)24-17-8-9-19-16(14-17)10-11-26(19)12-13-29-2/h3-11,14H,12-13H2,1-2H3,(H,24,28). The Labute approximate surface area is 173 Å². The molecule has 1 N–H and O–H groups in total. The number of halogens is 1. The van der Waals surface area contributed by atoms with Gasteiger partial charge in [-0.15, -0.1) is 0 Å². The van der Waals surface area contributed by atoms with Crippen LogP contribution in [0.5, 0.6) is 0 Å². The Bertz CT molecular complexity index is 1160. The number of methoxy groups -OCH3 is 1. The number of hydrogen-bond acceptors (Lipinski definition) is 3. The molecule has 6 nitrogen and oxygen atoms in total. The summed E-state index contributed by atoms with van der Waals surface area (Å²) < 4.78 is 8.84. The molecule has 0 radical (unpaired) electrons. The van der Waals surface area contributed by atoms with Crippen LogP contribution in [0.1, 0.15) is 16.1 Å². The van der Waals surface area contributed by atoms with Gasteiger partial charge in [0, 0.05) is 36.4 Å². The Morgan fingerprint density at radius 1 is 1.17 bits per heavy atom. The molecule has 0 saturated carbocycles. The van der Waals surface area contributed by atoms with Crippen LogP contribution < -0.4 is 5.32 Å². The third-order valence-electron chi connectivity index (χ3n) is 4.80. The molecule has 2 heterocycles. The van der Waals surface area contributed by atoms with E-state index in [0.29, 0.717) is 23.6 Å². The second-order valence-corrected chi connectivity index (χ2v) is 7.09. The third kappa shape index (κ3) is 3.77. The highest BCUT2D eigenvalue weighted by atomic mass is 35.5. The minimum atomic E-state index is -0.284. The SMILES string of the molecule is COCCn1ccc2cc(NC(=O)c3c(C)nn(-c4ccccc4)c3Cl)ccc21. The minimum Gasteiger partial charge on any atom is -0.383 e. The number of hydrogen-bond donors (Lipinski definition) is 1. The van der Waals surface area contributed by atoms with Gasteiger partial charge in [-0.3, -0.25) is 4.79 Å². The van der Waals surface area contributed by atoms with E-state index in [1.165, 1.54) is 0 Å². The summed E-state index contributed by atoms with van der Waals surface area (Å²) >= 11 is 6.50. The van der Waals surface area contributed by atoms with Crippen LogP contribution in [0.25, 0.3) is 16.6 Å². The van der Waals surface area contributed by atoms with E-state index < -0.39 is 0 Å². The summed E-state index contributed by atoms with van der Waals surface area (Å²) in [5.41, 5.74) is 3.54. The van der Waals surface area contributed by atoms with Crippen molar-refractivity contribution in [2.45, 2.75) is 13.5 Å². The molecule has 0 aliphatic carbocycles. The molecule has 0 saturated heterocycles. The largest absolute Gasteiger partial charge is 0.383 e. The fourth-order valence-corrected chi connectivity index (χ4v) is 3.71. The van der Waals surface area contributed by atoms with E-state index in [4.69, 9.17) is 16.3 Å². The molecule has 29 heavy (non-hydrogen) atoms. The van der Waals surface area contributed by atoms with Crippen molar-refractivity contribution >= 4 is 34.1 Å². The molecule has 0 spiro atoms. The maximum Gasteiger partial charge on any atom is 0.260 e. The van der Waals surface area contributed by atoms with Gasteiger partial charge in [0.25, 0.3) is 5.91 Å². The summed E-state index contributed by atoms with van der Waals surface area (Å²) in [5, 5.41) is 8.71. The number of carbonyl (C=O) groups is 1. The van der Waals surface area contributed by atoms with E-state index in [9.17, 15) is 4.79 Å². The normalized spacial score (nSPS) is 11.1. The Morgan fingerprint density at radius 3 is 2.72 bits per heavy atom. The van der Waals surface area contributed by atoms with Crippen molar-refractivity contribution in [2.75, 3.05) is 19.0 Å². The first-order valence-electron chi connectivity index (χ1n) is 9.28. The van der Waals surface area contributed by atoms with Gasteiger partial charge in [-0.2, -0.15) is 5.10 Å². The van der Waals surface area contributed by atoms with Gasteiger partial charge >= 0.3 is 0 Å². The number of nitrogens with one attached hydrogen (secondary N) is 1. The first-order valence-corrected chi connectivity index (χ1v) is 9.66. The Balaban J connectivity index is 1.59. The van der Waals surface area contributed by atoms with Crippen molar-refractivity contribution in [1.29, 1.82) is 0 Å². The number of anilines is 1. The van der Waals surface area contributed by atoms with E-state index in [-0.39, 0.29) is 11.1 Å². The predicted molar refractivity (Wildman–Crippen MR) is 115 cm³/mol. The second-order valence-electron chi connectivity index (χ2n) is 6.73. The van der Waals surface area contributed by atoms with Gasteiger partial charge in [-0.05, 0) is 43.3 Å². The molecule has 2 aromatic carbocycles. The molecule has 0 unspecified atom stereocenters. The van der Waals surface area contributed by atoms with Gasteiger partial charge in [0.2, 0.25) is 0 Å². The number of aryl methyl sites for hydroxylation is 1. The molecule has 2 aromatic heterocycles. The van der Waals surface area contributed by atoms with Crippen LogP contribution in [0.4, 0.5) is 5.69 Å². The molecular weight excluding hydrogens is 388 g/mol. The molecule has 0 aliphatic heterocycles. The summed E-state index contributed by atoms with van der Waals surface area (Å²) in [5.74, 6) is -0.284. The van der Waals surface area contributed by atoms with E-state index in [0.717, 1.165) is 23.1 Å². The van der Waals surface area contributed by atoms with E-state index in [1.807, 2.05) is 60.8 Å². The average molecular weight is 409 g/mol. The lowest BCUT2D eigenvalue weighted by atomic mass is 10.2. The molecule has 0 fully saturated rings. The number of para-hydroxylation sites is 1. The van der Waals surface area contributed by atoms with Gasteiger partial charge in [-0.25, -0.2) is 4.68 Å². The summed E-state index contributed by atoms with van der Waals surface area (Å²) in [6.45, 7) is 3.20. The van der Waals surface area contributed by atoms with Crippen LogP contribution in [0.3, 0.4) is 0 Å². The first-order chi connectivity index (χ1) is 14.1. The number of benzene rings is 2. The number of ether oxygens (including phenoxy) is 1. The van der Waals surface area contributed by atoms with Crippen molar-refractivity contribution in [3.8, 4) is 5.69 Å². The lowest BCUT2D eigenvalue weighted by Crippen LogP contribution is -2.13. The topological polar surface area (TPSA) is 61.1 Å². The number of fused-ring (bicyclic) bond motifs is 1. The van der Waals surface area contributed by atoms with Gasteiger partial charge in [0.1, 0.15) is 10.7 Å². The number of aromatic nitrogens is 3. The van der Waals surface area contributed by atoms with Crippen LogP contribution in [0, 0.1) is 6.92 Å². The fraction of sp³-hybridized carbons (Fsp3) is 0.182. The zero-order valence-corrected chi connectivity index (χ0v) is 17.0. The van der Waals surface area contributed by atoms with Crippen molar-refractivity contribution in [3.63, 3.8) is 0 Å². The Morgan fingerprint density at radius 2 is 1.97 bits per heavy atom. The number of nitrogens with zero attached hydrogens (tertiary/aromatic N) is 3. The lowest BCUT2D eigenvalue weighted by Gasteiger charge is -2.08. The molecule has 4 aromatic rings. The van der Waals surface area contributed by atoms with Gasteiger partial charge in [-0.1, -0.05) is 29.8 Å².